The molecule has 0 bridgehead atoms. The summed E-state index contributed by atoms with van der Waals surface area (Å²) in [5.74, 6) is 0.294. The third-order valence-corrected chi connectivity index (χ3v) is 6.73. The van der Waals surface area contributed by atoms with Gasteiger partial charge in [0.25, 0.3) is 5.91 Å². The number of hydrogen-bond donors (Lipinski definition) is 0. The van der Waals surface area contributed by atoms with E-state index >= 15 is 0 Å². The number of amides is 3. The maximum absolute atomic E-state index is 13.2. The van der Waals surface area contributed by atoms with Crippen molar-refractivity contribution < 1.29 is 18.8 Å². The normalized spacial score (nSPS) is 24.2. The Kier molecular flexibility index (Phi) is 6.41. The van der Waals surface area contributed by atoms with Gasteiger partial charge in [0, 0.05) is 45.8 Å². The summed E-state index contributed by atoms with van der Waals surface area (Å²) in [5.41, 5.74) is 0. The maximum atomic E-state index is 13.2. The third kappa shape index (κ3) is 4.24. The summed E-state index contributed by atoms with van der Waals surface area (Å²) >= 11 is 0. The van der Waals surface area contributed by atoms with Crippen LogP contribution in [-0.4, -0.2) is 95.2 Å². The van der Waals surface area contributed by atoms with Crippen LogP contribution in [0.2, 0.25) is 0 Å². The Morgan fingerprint density at radius 1 is 0.933 bits per heavy atom. The number of hydrogen-bond acceptors (Lipinski definition) is 5. The van der Waals surface area contributed by atoms with Crippen molar-refractivity contribution in [2.75, 3.05) is 45.8 Å². The fourth-order valence-electron chi connectivity index (χ4n) is 4.88. The van der Waals surface area contributed by atoms with Crippen LogP contribution in [0.15, 0.2) is 22.8 Å². The van der Waals surface area contributed by atoms with Gasteiger partial charge in [0.05, 0.1) is 12.3 Å². The van der Waals surface area contributed by atoms with E-state index in [9.17, 15) is 14.4 Å². The Bertz CT molecular complexity index is 751. The second-order valence-electron chi connectivity index (χ2n) is 8.56. The number of rotatable bonds is 4. The molecule has 0 saturated carbocycles. The predicted octanol–water partition coefficient (Wildman–Crippen LogP) is 1.43. The Balaban J connectivity index is 1.31. The monoisotopic (exact) mass is 416 g/mol. The smallest absolute Gasteiger partial charge is 0.290 e. The average molecular weight is 417 g/mol. The molecule has 8 heteroatoms. The first kappa shape index (κ1) is 20.9. The van der Waals surface area contributed by atoms with Gasteiger partial charge in [-0.3, -0.25) is 19.3 Å². The molecule has 2 atom stereocenters. The molecule has 2 unspecified atom stereocenters. The molecule has 164 valence electrons. The molecule has 1 aromatic rings. The molecule has 3 aliphatic heterocycles. The van der Waals surface area contributed by atoms with Gasteiger partial charge >= 0.3 is 0 Å². The molecule has 0 spiro atoms. The molecule has 0 aliphatic carbocycles. The first-order chi connectivity index (χ1) is 14.6. The molecule has 30 heavy (non-hydrogen) atoms. The second kappa shape index (κ2) is 9.20. The topological polar surface area (TPSA) is 77.3 Å². The molecule has 1 aromatic heterocycles. The van der Waals surface area contributed by atoms with E-state index in [0.29, 0.717) is 39.1 Å². The summed E-state index contributed by atoms with van der Waals surface area (Å²) in [6.07, 6.45) is 6.38. The minimum Gasteiger partial charge on any atom is -0.459 e. The third-order valence-electron chi connectivity index (χ3n) is 6.73. The molecular weight excluding hydrogens is 384 g/mol. The summed E-state index contributed by atoms with van der Waals surface area (Å²) in [4.78, 5) is 46.3. The van der Waals surface area contributed by atoms with Gasteiger partial charge in [-0.1, -0.05) is 0 Å². The van der Waals surface area contributed by atoms with Crippen LogP contribution in [0.4, 0.5) is 0 Å². The van der Waals surface area contributed by atoms with E-state index in [-0.39, 0.29) is 29.5 Å². The lowest BCUT2D eigenvalue weighted by atomic mass is 10.1. The number of carbonyl (C=O) groups is 3. The van der Waals surface area contributed by atoms with Gasteiger partial charge in [0.2, 0.25) is 11.8 Å². The van der Waals surface area contributed by atoms with E-state index in [1.165, 1.54) is 12.7 Å². The standard InChI is InChI=1S/C22H32N4O4/c1-17(20(27)24-9-3-2-4-10-24)23-12-14-25(15-13-23)21(28)18-7-5-11-26(18)22(29)19-8-6-16-30-19/h6,8,16-18H,2-5,7,9-15H2,1H3. The van der Waals surface area contributed by atoms with E-state index in [0.717, 1.165) is 32.4 Å². The van der Waals surface area contributed by atoms with Crippen molar-refractivity contribution in [1.29, 1.82) is 0 Å². The van der Waals surface area contributed by atoms with Crippen LogP contribution in [-0.2, 0) is 9.59 Å². The number of nitrogens with zero attached hydrogens (tertiary/aromatic N) is 4. The molecule has 4 rings (SSSR count). The summed E-state index contributed by atoms with van der Waals surface area (Å²) in [6, 6.07) is 2.76. The SMILES string of the molecule is CC(C(=O)N1CCCCC1)N1CCN(C(=O)C2CCCN2C(=O)c2ccco2)CC1. The lowest BCUT2D eigenvalue weighted by Crippen LogP contribution is -2.58. The van der Waals surface area contributed by atoms with Gasteiger partial charge in [-0.15, -0.1) is 0 Å². The fraction of sp³-hybridized carbons (Fsp3) is 0.682. The maximum Gasteiger partial charge on any atom is 0.290 e. The van der Waals surface area contributed by atoms with Crippen molar-refractivity contribution in [3.8, 4) is 0 Å². The average Bonchev–Trinajstić information content (AvgIpc) is 3.50. The Morgan fingerprint density at radius 2 is 1.67 bits per heavy atom. The van der Waals surface area contributed by atoms with E-state index in [2.05, 4.69) is 4.90 Å². The van der Waals surface area contributed by atoms with Gasteiger partial charge in [0.15, 0.2) is 5.76 Å². The molecule has 4 heterocycles. The van der Waals surface area contributed by atoms with Crippen LogP contribution < -0.4 is 0 Å². The molecule has 3 saturated heterocycles. The summed E-state index contributed by atoms with van der Waals surface area (Å²) < 4.78 is 5.24. The molecule has 0 radical (unpaired) electrons. The van der Waals surface area contributed by atoms with Crippen molar-refractivity contribution in [2.24, 2.45) is 0 Å². The largest absolute Gasteiger partial charge is 0.459 e. The number of piperidine rings is 1. The highest BCUT2D eigenvalue weighted by Crippen LogP contribution is 2.23. The number of furan rings is 1. The summed E-state index contributed by atoms with van der Waals surface area (Å²) in [7, 11) is 0. The van der Waals surface area contributed by atoms with Gasteiger partial charge in [-0.2, -0.15) is 0 Å². The van der Waals surface area contributed by atoms with Crippen molar-refractivity contribution >= 4 is 17.7 Å². The zero-order valence-corrected chi connectivity index (χ0v) is 17.8. The van der Waals surface area contributed by atoms with Crippen LogP contribution in [0, 0.1) is 0 Å². The molecular formula is C22H32N4O4. The van der Waals surface area contributed by atoms with Crippen molar-refractivity contribution in [2.45, 2.75) is 51.1 Å². The first-order valence-electron chi connectivity index (χ1n) is 11.2. The summed E-state index contributed by atoms with van der Waals surface area (Å²) in [6.45, 7) is 6.85. The van der Waals surface area contributed by atoms with E-state index < -0.39 is 6.04 Å². The fourth-order valence-corrected chi connectivity index (χ4v) is 4.88. The van der Waals surface area contributed by atoms with Crippen molar-refractivity contribution in [1.82, 2.24) is 19.6 Å². The molecule has 0 aromatic carbocycles. The van der Waals surface area contributed by atoms with Crippen molar-refractivity contribution in [3.05, 3.63) is 24.2 Å². The lowest BCUT2D eigenvalue weighted by Gasteiger charge is -2.40. The minimum atomic E-state index is -0.415. The highest BCUT2D eigenvalue weighted by Gasteiger charge is 2.39. The van der Waals surface area contributed by atoms with Gasteiger partial charge in [0.1, 0.15) is 6.04 Å². The molecule has 3 aliphatic rings. The van der Waals surface area contributed by atoms with Crippen LogP contribution >= 0.6 is 0 Å². The van der Waals surface area contributed by atoms with E-state index in [4.69, 9.17) is 4.42 Å². The van der Waals surface area contributed by atoms with E-state index in [1.807, 2.05) is 16.7 Å². The number of carbonyl (C=O) groups excluding carboxylic acids is 3. The zero-order chi connectivity index (χ0) is 21.1. The van der Waals surface area contributed by atoms with Crippen LogP contribution in [0.25, 0.3) is 0 Å². The van der Waals surface area contributed by atoms with Crippen LogP contribution in [0.5, 0.6) is 0 Å². The van der Waals surface area contributed by atoms with Crippen LogP contribution in [0.1, 0.15) is 49.6 Å². The van der Waals surface area contributed by atoms with Gasteiger partial charge in [-0.05, 0) is 51.2 Å². The first-order valence-corrected chi connectivity index (χ1v) is 11.2. The minimum absolute atomic E-state index is 0.0158. The zero-order valence-electron chi connectivity index (χ0n) is 17.8. The van der Waals surface area contributed by atoms with Gasteiger partial charge in [-0.25, -0.2) is 0 Å². The molecule has 3 amide bonds. The van der Waals surface area contributed by atoms with Crippen LogP contribution in [0.3, 0.4) is 0 Å². The Labute approximate surface area is 177 Å². The lowest BCUT2D eigenvalue weighted by molar-refractivity contribution is -0.141. The van der Waals surface area contributed by atoms with E-state index in [1.54, 1.807) is 17.0 Å². The van der Waals surface area contributed by atoms with Crippen molar-refractivity contribution in [3.63, 3.8) is 0 Å². The highest BCUT2D eigenvalue weighted by atomic mass is 16.3. The predicted molar refractivity (Wildman–Crippen MR) is 111 cm³/mol. The molecule has 3 fully saturated rings. The quantitative estimate of drug-likeness (QED) is 0.742. The van der Waals surface area contributed by atoms with Gasteiger partial charge < -0.3 is 19.1 Å². The Hall–Kier alpha value is -2.35. The summed E-state index contributed by atoms with van der Waals surface area (Å²) in [5, 5.41) is 0. The molecule has 8 nitrogen and oxygen atoms in total. The highest BCUT2D eigenvalue weighted by molar-refractivity contribution is 5.96. The molecule has 0 N–H and O–H groups in total. The second-order valence-corrected chi connectivity index (χ2v) is 8.56. The Morgan fingerprint density at radius 3 is 2.33 bits per heavy atom. The number of piperazine rings is 1. The number of likely N-dealkylation sites (tertiary alicyclic amines) is 2.